The summed E-state index contributed by atoms with van der Waals surface area (Å²) in [5.74, 6) is -0.0539. The average molecular weight is 301 g/mol. The van der Waals surface area contributed by atoms with Gasteiger partial charge < -0.3 is 15.0 Å². The molecule has 0 aliphatic rings. The predicted molar refractivity (Wildman–Crippen MR) is 88.2 cm³/mol. The highest BCUT2D eigenvalue weighted by Crippen LogP contribution is 2.17. The van der Waals surface area contributed by atoms with Gasteiger partial charge in [0.1, 0.15) is 0 Å². The molecule has 0 aliphatic heterocycles. The molecule has 118 valence electrons. The van der Waals surface area contributed by atoms with Gasteiger partial charge in [-0.25, -0.2) is 0 Å². The first-order valence-corrected chi connectivity index (χ1v) is 7.44. The maximum Gasteiger partial charge on any atom is 0.252 e. The molecule has 2 rings (SSSR count). The molecule has 0 saturated carbocycles. The minimum atomic E-state index is -0.0539. The number of carbonyl (C=O) groups excluding carboxylic acids is 1. The normalized spacial score (nSPS) is 11.1. The van der Waals surface area contributed by atoms with Gasteiger partial charge in [-0.2, -0.15) is 0 Å². The fraction of sp³-hybridized carbons (Fsp3) is 0.412. The highest BCUT2D eigenvalue weighted by Gasteiger charge is 2.11. The van der Waals surface area contributed by atoms with Crippen molar-refractivity contribution < 1.29 is 9.53 Å². The third kappa shape index (κ3) is 4.26. The van der Waals surface area contributed by atoms with Crippen molar-refractivity contribution in [2.24, 2.45) is 0 Å². The van der Waals surface area contributed by atoms with E-state index in [4.69, 9.17) is 4.74 Å². The maximum absolute atomic E-state index is 12.4. The van der Waals surface area contributed by atoms with Crippen LogP contribution in [0.15, 0.2) is 30.3 Å². The number of rotatable bonds is 7. The number of aromatic nitrogens is 1. The highest BCUT2D eigenvalue weighted by molar-refractivity contribution is 6.06. The number of benzene rings is 1. The van der Waals surface area contributed by atoms with Crippen LogP contribution in [0.25, 0.3) is 10.9 Å². The Morgan fingerprint density at radius 3 is 2.86 bits per heavy atom. The van der Waals surface area contributed by atoms with Crippen molar-refractivity contribution in [2.45, 2.75) is 6.92 Å². The van der Waals surface area contributed by atoms with Gasteiger partial charge in [0.15, 0.2) is 0 Å². The van der Waals surface area contributed by atoms with Crippen LogP contribution in [-0.2, 0) is 4.74 Å². The Labute approximate surface area is 131 Å². The Balaban J connectivity index is 2.01. The molecule has 0 aliphatic carbocycles. The van der Waals surface area contributed by atoms with E-state index in [0.717, 1.165) is 29.7 Å². The average Bonchev–Trinajstić information content (AvgIpc) is 2.51. The second kappa shape index (κ2) is 7.87. The lowest BCUT2D eigenvalue weighted by Gasteiger charge is -2.16. The Hall–Kier alpha value is -1.98. The fourth-order valence-electron chi connectivity index (χ4n) is 2.31. The molecule has 1 aromatic carbocycles. The molecule has 22 heavy (non-hydrogen) atoms. The Morgan fingerprint density at radius 2 is 2.09 bits per heavy atom. The first kappa shape index (κ1) is 16.4. The lowest BCUT2D eigenvalue weighted by atomic mass is 10.1. The number of nitrogens with zero attached hydrogens (tertiary/aromatic N) is 2. The monoisotopic (exact) mass is 301 g/mol. The Morgan fingerprint density at radius 1 is 1.32 bits per heavy atom. The summed E-state index contributed by atoms with van der Waals surface area (Å²) in [6.45, 7) is 4.84. The molecule has 1 N–H and O–H groups in total. The van der Waals surface area contributed by atoms with Gasteiger partial charge in [-0.1, -0.05) is 18.2 Å². The molecule has 1 aromatic heterocycles. The van der Waals surface area contributed by atoms with E-state index in [9.17, 15) is 4.79 Å². The van der Waals surface area contributed by atoms with E-state index < -0.39 is 0 Å². The summed E-state index contributed by atoms with van der Waals surface area (Å²) >= 11 is 0. The van der Waals surface area contributed by atoms with Gasteiger partial charge in [0.05, 0.1) is 17.7 Å². The van der Waals surface area contributed by atoms with Crippen LogP contribution in [0.4, 0.5) is 0 Å². The number of para-hydroxylation sites is 1. The van der Waals surface area contributed by atoms with E-state index in [1.165, 1.54) is 0 Å². The summed E-state index contributed by atoms with van der Waals surface area (Å²) in [6, 6.07) is 9.56. The number of methoxy groups -OCH3 is 1. The van der Waals surface area contributed by atoms with Crippen LogP contribution < -0.4 is 5.32 Å². The third-order valence-electron chi connectivity index (χ3n) is 3.55. The smallest absolute Gasteiger partial charge is 0.252 e. The molecule has 5 heteroatoms. The van der Waals surface area contributed by atoms with E-state index in [-0.39, 0.29) is 5.91 Å². The largest absolute Gasteiger partial charge is 0.383 e. The lowest BCUT2D eigenvalue weighted by Crippen LogP contribution is -2.34. The molecule has 0 radical (unpaired) electrons. The molecule has 0 atom stereocenters. The molecule has 0 saturated heterocycles. The standard InChI is InChI=1S/C17H23N3O2/c1-13-12-15(14-6-4-5-7-16(14)19-13)17(21)18-8-9-20(2)10-11-22-3/h4-7,12H,8-11H2,1-3H3,(H,18,21). The zero-order valence-corrected chi connectivity index (χ0v) is 13.4. The van der Waals surface area contributed by atoms with Crippen molar-refractivity contribution in [1.29, 1.82) is 0 Å². The molecular weight excluding hydrogens is 278 g/mol. The van der Waals surface area contributed by atoms with Gasteiger partial charge in [-0.15, -0.1) is 0 Å². The van der Waals surface area contributed by atoms with Gasteiger partial charge in [-0.3, -0.25) is 9.78 Å². The van der Waals surface area contributed by atoms with E-state index in [1.807, 2.05) is 44.3 Å². The molecule has 5 nitrogen and oxygen atoms in total. The summed E-state index contributed by atoms with van der Waals surface area (Å²) < 4.78 is 5.03. The van der Waals surface area contributed by atoms with Crippen molar-refractivity contribution in [1.82, 2.24) is 15.2 Å². The van der Waals surface area contributed by atoms with E-state index in [0.29, 0.717) is 18.7 Å². The number of fused-ring (bicyclic) bond motifs is 1. The van der Waals surface area contributed by atoms with Crippen LogP contribution in [0.5, 0.6) is 0 Å². The second-order valence-electron chi connectivity index (χ2n) is 5.38. The zero-order valence-electron chi connectivity index (χ0n) is 13.4. The SMILES string of the molecule is COCCN(C)CCNC(=O)c1cc(C)nc2ccccc12. The van der Waals surface area contributed by atoms with Crippen molar-refractivity contribution in [3.63, 3.8) is 0 Å². The molecule has 1 amide bonds. The topological polar surface area (TPSA) is 54.5 Å². The Bertz CT molecular complexity index is 643. The van der Waals surface area contributed by atoms with Crippen LogP contribution >= 0.6 is 0 Å². The number of amides is 1. The summed E-state index contributed by atoms with van der Waals surface area (Å²) in [7, 11) is 3.70. The van der Waals surface area contributed by atoms with Crippen LogP contribution in [0.1, 0.15) is 16.1 Å². The first-order chi connectivity index (χ1) is 10.6. The lowest BCUT2D eigenvalue weighted by molar-refractivity contribution is 0.0949. The molecule has 0 fully saturated rings. The number of pyridine rings is 1. The maximum atomic E-state index is 12.4. The predicted octanol–water partition coefficient (Wildman–Crippen LogP) is 1.85. The number of carbonyl (C=O) groups is 1. The van der Waals surface area contributed by atoms with Crippen LogP contribution in [0.3, 0.4) is 0 Å². The first-order valence-electron chi connectivity index (χ1n) is 7.44. The summed E-state index contributed by atoms with van der Waals surface area (Å²) in [6.07, 6.45) is 0. The minimum absolute atomic E-state index is 0.0539. The molecule has 0 spiro atoms. The van der Waals surface area contributed by atoms with Gasteiger partial charge in [0.2, 0.25) is 0 Å². The van der Waals surface area contributed by atoms with Gasteiger partial charge in [-0.05, 0) is 26.1 Å². The van der Waals surface area contributed by atoms with Gasteiger partial charge >= 0.3 is 0 Å². The number of aryl methyl sites for hydroxylation is 1. The van der Waals surface area contributed by atoms with Crippen molar-refractivity contribution in [3.8, 4) is 0 Å². The summed E-state index contributed by atoms with van der Waals surface area (Å²) in [4.78, 5) is 19.0. The zero-order chi connectivity index (χ0) is 15.9. The van der Waals surface area contributed by atoms with E-state index in [1.54, 1.807) is 7.11 Å². The quantitative estimate of drug-likeness (QED) is 0.848. The van der Waals surface area contributed by atoms with Crippen molar-refractivity contribution in [3.05, 3.63) is 41.6 Å². The number of likely N-dealkylation sites (N-methyl/N-ethyl adjacent to an activating group) is 1. The number of ether oxygens (including phenoxy) is 1. The second-order valence-corrected chi connectivity index (χ2v) is 5.38. The number of hydrogen-bond donors (Lipinski definition) is 1. The summed E-state index contributed by atoms with van der Waals surface area (Å²) in [5, 5.41) is 3.86. The molecular formula is C17H23N3O2. The molecule has 2 aromatic rings. The fourth-order valence-corrected chi connectivity index (χ4v) is 2.31. The molecule has 1 heterocycles. The van der Waals surface area contributed by atoms with Gasteiger partial charge in [0, 0.05) is 37.8 Å². The minimum Gasteiger partial charge on any atom is -0.383 e. The number of hydrogen-bond acceptors (Lipinski definition) is 4. The molecule has 0 bridgehead atoms. The van der Waals surface area contributed by atoms with Gasteiger partial charge in [0.25, 0.3) is 5.91 Å². The molecule has 0 unspecified atom stereocenters. The number of nitrogens with one attached hydrogen (secondary N) is 1. The van der Waals surface area contributed by atoms with Crippen molar-refractivity contribution >= 4 is 16.8 Å². The van der Waals surface area contributed by atoms with E-state index in [2.05, 4.69) is 15.2 Å². The van der Waals surface area contributed by atoms with Crippen LogP contribution in [0.2, 0.25) is 0 Å². The van der Waals surface area contributed by atoms with Crippen molar-refractivity contribution in [2.75, 3.05) is 40.4 Å². The summed E-state index contributed by atoms with van der Waals surface area (Å²) in [5.41, 5.74) is 2.38. The Kier molecular flexibility index (Phi) is 5.86. The highest BCUT2D eigenvalue weighted by atomic mass is 16.5. The van der Waals surface area contributed by atoms with E-state index >= 15 is 0 Å². The van der Waals surface area contributed by atoms with Crippen LogP contribution in [0, 0.1) is 6.92 Å². The van der Waals surface area contributed by atoms with Crippen LogP contribution in [-0.4, -0.2) is 56.2 Å². The third-order valence-corrected chi connectivity index (χ3v) is 3.55.